The molecule has 1 aromatic heterocycles. The lowest BCUT2D eigenvalue weighted by Gasteiger charge is -2.21. The summed E-state index contributed by atoms with van der Waals surface area (Å²) in [6, 6.07) is 16.9. The van der Waals surface area contributed by atoms with Gasteiger partial charge < -0.3 is 10.1 Å². The first-order valence-electron chi connectivity index (χ1n) is 8.99. The van der Waals surface area contributed by atoms with Crippen molar-refractivity contribution in [2.24, 2.45) is 5.92 Å². The summed E-state index contributed by atoms with van der Waals surface area (Å²) in [5.41, 5.74) is 1.96. The number of para-hydroxylation sites is 1. The zero-order valence-corrected chi connectivity index (χ0v) is 15.4. The molecule has 0 aliphatic carbocycles. The molecule has 0 fully saturated rings. The van der Waals surface area contributed by atoms with Crippen LogP contribution in [0, 0.1) is 5.92 Å². The fourth-order valence-corrected chi connectivity index (χ4v) is 2.99. The number of rotatable bonds is 7. The van der Waals surface area contributed by atoms with Crippen LogP contribution >= 0.6 is 0 Å². The van der Waals surface area contributed by atoms with Crippen molar-refractivity contribution in [3.8, 4) is 0 Å². The lowest BCUT2D eigenvalue weighted by atomic mass is 9.97. The van der Waals surface area contributed by atoms with E-state index >= 15 is 0 Å². The number of ether oxygens (including phenoxy) is 1. The van der Waals surface area contributed by atoms with Crippen molar-refractivity contribution >= 4 is 22.8 Å². The summed E-state index contributed by atoms with van der Waals surface area (Å²) in [7, 11) is 0. The fraction of sp³-hybridized carbons (Fsp3) is 0.286. The molecule has 0 radical (unpaired) electrons. The van der Waals surface area contributed by atoms with Gasteiger partial charge in [0.1, 0.15) is 0 Å². The Labute approximate surface area is 157 Å². The Morgan fingerprint density at radius 1 is 1.07 bits per heavy atom. The maximum Gasteiger partial charge on any atom is 0.359 e. The molecule has 0 unspecified atom stereocenters. The van der Waals surface area contributed by atoms with Gasteiger partial charge in [-0.05, 0) is 24.0 Å². The molecule has 3 aromatic rings. The molecule has 2 N–H and O–H groups in total. The van der Waals surface area contributed by atoms with E-state index in [1.807, 2.05) is 48.5 Å². The van der Waals surface area contributed by atoms with Crippen molar-refractivity contribution in [1.29, 1.82) is 0 Å². The monoisotopic (exact) mass is 365 g/mol. The first-order chi connectivity index (χ1) is 13.0. The zero-order valence-electron chi connectivity index (χ0n) is 15.4. The molecule has 1 atom stereocenters. The van der Waals surface area contributed by atoms with Crippen molar-refractivity contribution in [3.05, 3.63) is 65.9 Å². The Morgan fingerprint density at radius 2 is 1.78 bits per heavy atom. The summed E-state index contributed by atoms with van der Waals surface area (Å²) < 4.78 is 5.16. The van der Waals surface area contributed by atoms with Crippen molar-refractivity contribution in [2.75, 3.05) is 6.61 Å². The molecule has 1 heterocycles. The van der Waals surface area contributed by atoms with Crippen LogP contribution in [-0.4, -0.2) is 28.7 Å². The molecule has 3 rings (SSSR count). The molecule has 0 spiro atoms. The molecule has 2 aromatic carbocycles. The molecule has 6 nitrogen and oxygen atoms in total. The molecule has 0 saturated heterocycles. The lowest BCUT2D eigenvalue weighted by molar-refractivity contribution is -0.125. The summed E-state index contributed by atoms with van der Waals surface area (Å²) in [4.78, 5) is 24.6. The van der Waals surface area contributed by atoms with Crippen LogP contribution in [-0.2, 0) is 9.53 Å². The number of esters is 1. The largest absolute Gasteiger partial charge is 0.451 e. The summed E-state index contributed by atoms with van der Waals surface area (Å²) in [5, 5.41) is 10.4. The highest BCUT2D eigenvalue weighted by Gasteiger charge is 2.19. The van der Waals surface area contributed by atoms with E-state index in [2.05, 4.69) is 29.4 Å². The smallest absolute Gasteiger partial charge is 0.359 e. The Kier molecular flexibility index (Phi) is 5.86. The number of fused-ring (bicyclic) bond motifs is 1. The SMILES string of the molecule is CC(C)C[C@@H](NC(=O)COC(=O)c1n[nH]c2ccccc12)c1ccccc1. The van der Waals surface area contributed by atoms with Crippen LogP contribution in [0.3, 0.4) is 0 Å². The highest BCUT2D eigenvalue weighted by molar-refractivity contribution is 6.02. The second-order valence-corrected chi connectivity index (χ2v) is 6.85. The number of hydrogen-bond donors (Lipinski definition) is 2. The number of aromatic amines is 1. The number of nitrogens with one attached hydrogen (secondary N) is 2. The molecule has 0 saturated carbocycles. The average Bonchev–Trinajstić information content (AvgIpc) is 3.10. The third-order valence-electron chi connectivity index (χ3n) is 4.24. The van der Waals surface area contributed by atoms with Crippen molar-refractivity contribution in [1.82, 2.24) is 15.5 Å². The zero-order chi connectivity index (χ0) is 19.2. The predicted octanol–water partition coefficient (Wildman–Crippen LogP) is 3.62. The highest BCUT2D eigenvalue weighted by Crippen LogP contribution is 2.21. The quantitative estimate of drug-likeness (QED) is 0.626. The van der Waals surface area contributed by atoms with Gasteiger partial charge in [0.2, 0.25) is 0 Å². The van der Waals surface area contributed by atoms with Crippen molar-refractivity contribution in [3.63, 3.8) is 0 Å². The van der Waals surface area contributed by atoms with E-state index in [0.717, 1.165) is 17.5 Å². The van der Waals surface area contributed by atoms with Crippen LogP contribution in [0.5, 0.6) is 0 Å². The first kappa shape index (κ1) is 18.6. The topological polar surface area (TPSA) is 84.1 Å². The Bertz CT molecular complexity index is 919. The number of carbonyl (C=O) groups excluding carboxylic acids is 2. The summed E-state index contributed by atoms with van der Waals surface area (Å²) >= 11 is 0. The minimum atomic E-state index is -0.622. The van der Waals surface area contributed by atoms with Crippen LogP contribution in [0.15, 0.2) is 54.6 Å². The molecule has 0 aliphatic heterocycles. The second-order valence-electron chi connectivity index (χ2n) is 6.85. The van der Waals surface area contributed by atoms with Gasteiger partial charge in [-0.15, -0.1) is 0 Å². The number of H-pyrrole nitrogens is 1. The summed E-state index contributed by atoms with van der Waals surface area (Å²) in [6.45, 7) is 3.86. The number of benzene rings is 2. The van der Waals surface area contributed by atoms with E-state index in [1.54, 1.807) is 6.07 Å². The summed E-state index contributed by atoms with van der Waals surface area (Å²) in [5.74, 6) is -0.547. The third kappa shape index (κ3) is 4.73. The third-order valence-corrected chi connectivity index (χ3v) is 4.24. The number of aromatic nitrogens is 2. The second kappa shape index (κ2) is 8.49. The minimum Gasteiger partial charge on any atom is -0.451 e. The molecular weight excluding hydrogens is 342 g/mol. The standard InChI is InChI=1S/C21H23N3O3/c1-14(2)12-18(15-8-4-3-5-9-15)22-19(25)13-27-21(26)20-16-10-6-7-11-17(16)23-24-20/h3-11,14,18H,12-13H2,1-2H3,(H,22,25)(H,23,24)/t18-/m1/s1. The van der Waals surface area contributed by atoms with Crippen LogP contribution in [0.25, 0.3) is 10.9 Å². The average molecular weight is 365 g/mol. The van der Waals surface area contributed by atoms with Crippen LogP contribution < -0.4 is 5.32 Å². The van der Waals surface area contributed by atoms with E-state index in [-0.39, 0.29) is 24.2 Å². The van der Waals surface area contributed by atoms with Gasteiger partial charge in [0, 0.05) is 5.39 Å². The highest BCUT2D eigenvalue weighted by atomic mass is 16.5. The van der Waals surface area contributed by atoms with Crippen LogP contribution in [0.1, 0.15) is 42.4 Å². The van der Waals surface area contributed by atoms with Crippen molar-refractivity contribution < 1.29 is 14.3 Å². The normalized spacial score (nSPS) is 12.1. The van der Waals surface area contributed by atoms with Crippen LogP contribution in [0.2, 0.25) is 0 Å². The Morgan fingerprint density at radius 3 is 2.52 bits per heavy atom. The van der Waals surface area contributed by atoms with E-state index in [4.69, 9.17) is 4.74 Å². The fourth-order valence-electron chi connectivity index (χ4n) is 2.99. The minimum absolute atomic E-state index is 0.122. The summed E-state index contributed by atoms with van der Waals surface area (Å²) in [6.07, 6.45) is 0.799. The molecule has 6 heteroatoms. The van der Waals surface area contributed by atoms with Gasteiger partial charge in [0.15, 0.2) is 12.3 Å². The number of hydrogen-bond acceptors (Lipinski definition) is 4. The number of carbonyl (C=O) groups is 2. The molecule has 27 heavy (non-hydrogen) atoms. The predicted molar refractivity (Wildman–Crippen MR) is 103 cm³/mol. The lowest BCUT2D eigenvalue weighted by Crippen LogP contribution is -2.33. The molecular formula is C21H23N3O3. The van der Waals surface area contributed by atoms with E-state index in [1.165, 1.54) is 0 Å². The number of amides is 1. The Hall–Kier alpha value is -3.15. The Balaban J connectivity index is 1.61. The first-order valence-corrected chi connectivity index (χ1v) is 8.99. The number of nitrogens with zero attached hydrogens (tertiary/aromatic N) is 1. The van der Waals surface area contributed by atoms with Gasteiger partial charge >= 0.3 is 5.97 Å². The van der Waals surface area contributed by atoms with Crippen LogP contribution in [0.4, 0.5) is 0 Å². The van der Waals surface area contributed by atoms with E-state index in [0.29, 0.717) is 11.3 Å². The van der Waals surface area contributed by atoms with E-state index < -0.39 is 5.97 Å². The van der Waals surface area contributed by atoms with Crippen molar-refractivity contribution in [2.45, 2.75) is 26.3 Å². The van der Waals surface area contributed by atoms with Gasteiger partial charge in [-0.2, -0.15) is 5.10 Å². The maximum absolute atomic E-state index is 12.3. The molecule has 0 bridgehead atoms. The van der Waals surface area contributed by atoms with Gasteiger partial charge in [-0.3, -0.25) is 9.89 Å². The molecule has 140 valence electrons. The van der Waals surface area contributed by atoms with E-state index in [9.17, 15) is 9.59 Å². The van der Waals surface area contributed by atoms with Gasteiger partial charge in [0.25, 0.3) is 5.91 Å². The molecule has 1 amide bonds. The van der Waals surface area contributed by atoms with Gasteiger partial charge in [-0.25, -0.2) is 4.79 Å². The van der Waals surface area contributed by atoms with Gasteiger partial charge in [-0.1, -0.05) is 62.4 Å². The molecule has 0 aliphatic rings. The van der Waals surface area contributed by atoms with Gasteiger partial charge in [0.05, 0.1) is 11.6 Å². The maximum atomic E-state index is 12.3.